The average Bonchev–Trinajstić information content (AvgIpc) is 3.16. The molecular weight excluding hydrogens is 446 g/mol. The smallest absolute Gasteiger partial charge is 0.230 e. The van der Waals surface area contributed by atoms with Gasteiger partial charge in [0.25, 0.3) is 0 Å². The van der Waals surface area contributed by atoms with Crippen molar-refractivity contribution >= 4 is 41.8 Å². The van der Waals surface area contributed by atoms with E-state index >= 15 is 0 Å². The molecular formula is C27H31N3O3S. The molecule has 0 saturated carbocycles. The molecule has 1 aliphatic heterocycles. The highest BCUT2D eigenvalue weighted by atomic mass is 32.2. The van der Waals surface area contributed by atoms with Crippen LogP contribution < -0.4 is 10.6 Å². The van der Waals surface area contributed by atoms with E-state index in [0.717, 1.165) is 32.8 Å². The molecule has 34 heavy (non-hydrogen) atoms. The minimum Gasteiger partial charge on any atom is -0.364 e. The fourth-order valence-electron chi connectivity index (χ4n) is 4.01. The predicted octanol–water partition coefficient (Wildman–Crippen LogP) is 4.27. The Labute approximate surface area is 205 Å². The van der Waals surface area contributed by atoms with Crippen LogP contribution in [0, 0.1) is 6.92 Å². The highest BCUT2D eigenvalue weighted by Gasteiger charge is 2.26. The van der Waals surface area contributed by atoms with Gasteiger partial charge in [-0.2, -0.15) is 0 Å². The predicted molar refractivity (Wildman–Crippen MR) is 138 cm³/mol. The molecule has 3 rings (SSSR count). The van der Waals surface area contributed by atoms with Gasteiger partial charge in [0.2, 0.25) is 18.2 Å². The third-order valence-corrected chi connectivity index (χ3v) is 7.03. The zero-order valence-electron chi connectivity index (χ0n) is 19.7. The molecule has 0 spiro atoms. The molecule has 2 N–H and O–H groups in total. The molecule has 1 unspecified atom stereocenters. The van der Waals surface area contributed by atoms with Gasteiger partial charge in [0.05, 0.1) is 5.75 Å². The average molecular weight is 478 g/mol. The van der Waals surface area contributed by atoms with Crippen molar-refractivity contribution in [2.45, 2.75) is 50.7 Å². The summed E-state index contributed by atoms with van der Waals surface area (Å²) in [5.41, 5.74) is 6.42. The van der Waals surface area contributed by atoms with Crippen molar-refractivity contribution in [1.29, 1.82) is 0 Å². The van der Waals surface area contributed by atoms with Crippen molar-refractivity contribution < 1.29 is 14.4 Å². The lowest BCUT2D eigenvalue weighted by atomic mass is 10.1. The molecule has 1 atom stereocenters. The molecule has 0 radical (unpaired) electrons. The van der Waals surface area contributed by atoms with Crippen LogP contribution in [-0.2, 0) is 27.5 Å². The highest BCUT2D eigenvalue weighted by molar-refractivity contribution is 8.00. The number of carbonyl (C=O) groups excluding carboxylic acids is 3. The number of imide groups is 1. The van der Waals surface area contributed by atoms with E-state index in [1.165, 1.54) is 17.3 Å². The topological polar surface area (TPSA) is 78.5 Å². The van der Waals surface area contributed by atoms with E-state index in [4.69, 9.17) is 0 Å². The first-order valence-corrected chi connectivity index (χ1v) is 12.2. The SMILES string of the molecule is C=Cc1cc(C)ccc1SCC(=O)NCc1ccc2c(c1)CN(C(C)CCC(=O)NC=O)C2=C. The molecule has 0 bridgehead atoms. The monoisotopic (exact) mass is 477 g/mol. The van der Waals surface area contributed by atoms with Gasteiger partial charge in [-0.25, -0.2) is 0 Å². The van der Waals surface area contributed by atoms with Gasteiger partial charge in [-0.3, -0.25) is 19.7 Å². The van der Waals surface area contributed by atoms with Gasteiger partial charge in [0, 0.05) is 41.7 Å². The van der Waals surface area contributed by atoms with Gasteiger partial charge in [-0.1, -0.05) is 55.1 Å². The summed E-state index contributed by atoms with van der Waals surface area (Å²) >= 11 is 1.51. The summed E-state index contributed by atoms with van der Waals surface area (Å²) in [4.78, 5) is 37.6. The Hall–Kier alpha value is -3.32. The normalized spacial score (nSPS) is 13.2. The van der Waals surface area contributed by atoms with Crippen LogP contribution in [0.1, 0.15) is 47.6 Å². The van der Waals surface area contributed by atoms with Gasteiger partial charge < -0.3 is 10.2 Å². The minimum absolute atomic E-state index is 0.0191. The number of nitrogens with one attached hydrogen (secondary N) is 2. The molecule has 1 heterocycles. The molecule has 2 aromatic carbocycles. The van der Waals surface area contributed by atoms with E-state index < -0.39 is 0 Å². The molecule has 1 aliphatic rings. The Bertz CT molecular complexity index is 1110. The highest BCUT2D eigenvalue weighted by Crippen LogP contribution is 2.34. The third-order valence-electron chi connectivity index (χ3n) is 5.94. The molecule has 6 nitrogen and oxygen atoms in total. The zero-order valence-corrected chi connectivity index (χ0v) is 20.5. The lowest BCUT2D eigenvalue weighted by Gasteiger charge is -2.27. The van der Waals surface area contributed by atoms with Crippen molar-refractivity contribution in [2.24, 2.45) is 0 Å². The van der Waals surface area contributed by atoms with Crippen molar-refractivity contribution in [2.75, 3.05) is 5.75 Å². The number of nitrogens with zero attached hydrogens (tertiary/aromatic N) is 1. The number of benzene rings is 2. The number of aryl methyl sites for hydroxylation is 1. The number of amides is 3. The van der Waals surface area contributed by atoms with E-state index in [0.29, 0.717) is 31.7 Å². The van der Waals surface area contributed by atoms with E-state index in [2.05, 4.69) is 47.7 Å². The maximum atomic E-state index is 12.4. The summed E-state index contributed by atoms with van der Waals surface area (Å²) in [5.74, 6) is 0.0482. The van der Waals surface area contributed by atoms with Crippen molar-refractivity contribution in [3.8, 4) is 0 Å². The first-order valence-electron chi connectivity index (χ1n) is 11.3. The molecule has 0 saturated heterocycles. The summed E-state index contributed by atoms with van der Waals surface area (Å²) in [6.45, 7) is 13.3. The number of thioether (sulfide) groups is 1. The maximum Gasteiger partial charge on any atom is 0.230 e. The van der Waals surface area contributed by atoms with E-state index in [1.807, 2.05) is 37.3 Å². The second kappa shape index (κ2) is 11.7. The van der Waals surface area contributed by atoms with Gasteiger partial charge in [-0.05, 0) is 43.0 Å². The van der Waals surface area contributed by atoms with E-state index in [9.17, 15) is 14.4 Å². The summed E-state index contributed by atoms with van der Waals surface area (Å²) in [7, 11) is 0. The zero-order chi connectivity index (χ0) is 24.7. The Morgan fingerprint density at radius 3 is 2.74 bits per heavy atom. The van der Waals surface area contributed by atoms with Crippen LogP contribution in [0.2, 0.25) is 0 Å². The summed E-state index contributed by atoms with van der Waals surface area (Å²) in [5, 5.41) is 5.18. The van der Waals surface area contributed by atoms with Crippen LogP contribution in [0.5, 0.6) is 0 Å². The van der Waals surface area contributed by atoms with Gasteiger partial charge >= 0.3 is 0 Å². The van der Waals surface area contributed by atoms with Crippen molar-refractivity contribution in [1.82, 2.24) is 15.5 Å². The minimum atomic E-state index is -0.275. The fourth-order valence-corrected chi connectivity index (χ4v) is 4.87. The van der Waals surface area contributed by atoms with E-state index in [-0.39, 0.29) is 24.3 Å². The first kappa shape index (κ1) is 25.3. The van der Waals surface area contributed by atoms with Crippen molar-refractivity contribution in [3.05, 3.63) is 77.4 Å². The number of hydrogen-bond donors (Lipinski definition) is 2. The lowest BCUT2D eigenvalue weighted by molar-refractivity contribution is -0.125. The van der Waals surface area contributed by atoms with Gasteiger partial charge in [0.15, 0.2) is 0 Å². The van der Waals surface area contributed by atoms with Crippen LogP contribution in [0.4, 0.5) is 0 Å². The second-order valence-corrected chi connectivity index (χ2v) is 9.47. The Morgan fingerprint density at radius 2 is 2.00 bits per heavy atom. The molecule has 3 amide bonds. The standard InChI is InChI=1S/C27H31N3O3S/c1-5-22-12-18(2)6-10-25(22)34-16-27(33)28-14-21-8-9-24-20(4)30(15-23(24)13-21)19(3)7-11-26(32)29-17-31/h5-6,8-10,12-13,17,19H,1,4,7,11,14-16H2,2-3H3,(H,28,33)(H,29,31,32). The van der Waals surface area contributed by atoms with E-state index in [1.54, 1.807) is 0 Å². The quantitative estimate of drug-likeness (QED) is 0.373. The van der Waals surface area contributed by atoms with Gasteiger partial charge in [0.1, 0.15) is 0 Å². The number of hydrogen-bond acceptors (Lipinski definition) is 5. The second-order valence-electron chi connectivity index (χ2n) is 8.45. The van der Waals surface area contributed by atoms with Crippen LogP contribution in [0.25, 0.3) is 11.8 Å². The third kappa shape index (κ3) is 6.38. The number of rotatable bonds is 11. The Kier molecular flexibility index (Phi) is 8.71. The van der Waals surface area contributed by atoms with Crippen LogP contribution in [0.15, 0.2) is 54.5 Å². The van der Waals surface area contributed by atoms with Crippen LogP contribution >= 0.6 is 11.8 Å². The Balaban J connectivity index is 1.52. The van der Waals surface area contributed by atoms with Crippen LogP contribution in [0.3, 0.4) is 0 Å². The molecule has 178 valence electrons. The first-order chi connectivity index (χ1) is 16.3. The largest absolute Gasteiger partial charge is 0.364 e. The summed E-state index contributed by atoms with van der Waals surface area (Å²) in [6, 6.07) is 12.4. The Morgan fingerprint density at radius 1 is 1.21 bits per heavy atom. The summed E-state index contributed by atoms with van der Waals surface area (Å²) < 4.78 is 0. The van der Waals surface area contributed by atoms with Crippen LogP contribution in [-0.4, -0.2) is 34.9 Å². The molecule has 7 heteroatoms. The van der Waals surface area contributed by atoms with Crippen molar-refractivity contribution in [3.63, 3.8) is 0 Å². The molecule has 0 aliphatic carbocycles. The fraction of sp³-hybridized carbons (Fsp3) is 0.296. The molecule has 0 aromatic heterocycles. The number of carbonyl (C=O) groups is 3. The maximum absolute atomic E-state index is 12.4. The summed E-state index contributed by atoms with van der Waals surface area (Å²) in [6.07, 6.45) is 3.14. The molecule has 0 fully saturated rings. The number of fused-ring (bicyclic) bond motifs is 1. The van der Waals surface area contributed by atoms with Gasteiger partial charge in [-0.15, -0.1) is 11.8 Å². The lowest BCUT2D eigenvalue weighted by Crippen LogP contribution is -2.29. The molecule has 2 aromatic rings.